The number of ether oxygens (including phenoxy) is 4. The van der Waals surface area contributed by atoms with Gasteiger partial charge in [-0.25, -0.2) is 9.13 Å². The third-order valence-electron chi connectivity index (χ3n) is 16.1. The van der Waals surface area contributed by atoms with E-state index in [0.29, 0.717) is 31.6 Å². The molecule has 89 heavy (non-hydrogen) atoms. The predicted octanol–water partition coefficient (Wildman–Crippen LogP) is 19.8. The minimum absolute atomic E-state index is 0.103. The summed E-state index contributed by atoms with van der Waals surface area (Å²) in [4.78, 5) is 72.5. The summed E-state index contributed by atoms with van der Waals surface area (Å²) in [7, 11) is -9.90. The molecule has 0 aliphatic rings. The lowest BCUT2D eigenvalue weighted by Gasteiger charge is -2.21. The summed E-state index contributed by atoms with van der Waals surface area (Å²) in [6.45, 7) is 11.7. The topological polar surface area (TPSA) is 237 Å². The maximum Gasteiger partial charge on any atom is 0.472 e. The van der Waals surface area contributed by atoms with Crippen LogP contribution in [0, 0.1) is 17.8 Å². The Kier molecular flexibility index (Phi) is 59.6. The highest BCUT2D eigenvalue weighted by Gasteiger charge is 2.30. The molecule has 0 rings (SSSR count). The normalized spacial score (nSPS) is 14.2. The van der Waals surface area contributed by atoms with Crippen LogP contribution >= 0.6 is 15.6 Å². The molecule has 17 nitrogen and oxygen atoms in total. The van der Waals surface area contributed by atoms with Crippen molar-refractivity contribution in [3.63, 3.8) is 0 Å². The average molecular weight is 1310 g/mol. The fourth-order valence-electron chi connectivity index (χ4n) is 10.5. The fourth-order valence-corrected chi connectivity index (χ4v) is 12.1. The zero-order valence-corrected chi connectivity index (χ0v) is 59.7. The van der Waals surface area contributed by atoms with Gasteiger partial charge in [-0.15, -0.1) is 0 Å². The molecular formula is C70H136O17P2. The Morgan fingerprint density at radius 2 is 0.517 bits per heavy atom. The van der Waals surface area contributed by atoms with Crippen molar-refractivity contribution in [1.29, 1.82) is 0 Å². The Hall–Kier alpha value is -1.94. The van der Waals surface area contributed by atoms with Crippen molar-refractivity contribution in [2.45, 2.75) is 369 Å². The van der Waals surface area contributed by atoms with Crippen molar-refractivity contribution < 1.29 is 80.2 Å². The smallest absolute Gasteiger partial charge is 0.462 e. The monoisotopic (exact) mass is 1310 g/mol. The summed E-state index contributed by atoms with van der Waals surface area (Å²) >= 11 is 0. The van der Waals surface area contributed by atoms with Crippen LogP contribution < -0.4 is 0 Å². The van der Waals surface area contributed by atoms with Gasteiger partial charge >= 0.3 is 39.5 Å². The maximum absolute atomic E-state index is 13.0. The molecule has 0 aromatic heterocycles. The maximum atomic E-state index is 13.0. The van der Waals surface area contributed by atoms with Gasteiger partial charge in [-0.2, -0.15) is 0 Å². The van der Waals surface area contributed by atoms with Gasteiger partial charge in [0.15, 0.2) is 12.2 Å². The molecule has 528 valence electrons. The third-order valence-corrected chi connectivity index (χ3v) is 18.0. The van der Waals surface area contributed by atoms with E-state index in [9.17, 15) is 43.2 Å². The molecular weight excluding hydrogens is 1170 g/mol. The lowest BCUT2D eigenvalue weighted by atomic mass is 10.0. The van der Waals surface area contributed by atoms with E-state index in [1.165, 1.54) is 154 Å². The molecule has 0 saturated carbocycles. The number of hydrogen-bond acceptors (Lipinski definition) is 15. The number of hydrogen-bond donors (Lipinski definition) is 3. The van der Waals surface area contributed by atoms with Crippen molar-refractivity contribution in [3.05, 3.63) is 0 Å². The molecule has 0 aromatic rings. The molecule has 5 atom stereocenters. The van der Waals surface area contributed by atoms with E-state index in [1.54, 1.807) is 0 Å². The largest absolute Gasteiger partial charge is 0.472 e. The molecule has 0 heterocycles. The third kappa shape index (κ3) is 64.6. The second-order valence-corrected chi connectivity index (χ2v) is 29.6. The van der Waals surface area contributed by atoms with Crippen LogP contribution in [0.15, 0.2) is 0 Å². The Labute approximate surface area is 543 Å². The number of rotatable bonds is 68. The van der Waals surface area contributed by atoms with Crippen molar-refractivity contribution in [2.75, 3.05) is 39.6 Å². The second-order valence-electron chi connectivity index (χ2n) is 26.7. The van der Waals surface area contributed by atoms with Gasteiger partial charge in [0.25, 0.3) is 0 Å². The summed E-state index contributed by atoms with van der Waals surface area (Å²) in [5.41, 5.74) is 0. The van der Waals surface area contributed by atoms with E-state index >= 15 is 0 Å². The van der Waals surface area contributed by atoms with Crippen LogP contribution in [-0.4, -0.2) is 96.7 Å². The molecule has 19 heteroatoms. The molecule has 3 N–H and O–H groups in total. The van der Waals surface area contributed by atoms with Gasteiger partial charge < -0.3 is 33.8 Å². The average Bonchev–Trinajstić information content (AvgIpc) is 3.66. The van der Waals surface area contributed by atoms with Gasteiger partial charge in [-0.1, -0.05) is 299 Å². The Morgan fingerprint density at radius 3 is 0.764 bits per heavy atom. The van der Waals surface area contributed by atoms with Crippen molar-refractivity contribution in [2.24, 2.45) is 17.8 Å². The van der Waals surface area contributed by atoms with Crippen molar-refractivity contribution in [1.82, 2.24) is 0 Å². The van der Waals surface area contributed by atoms with Crippen LogP contribution in [0.3, 0.4) is 0 Å². The summed E-state index contributed by atoms with van der Waals surface area (Å²) in [6.07, 6.45) is 44.6. The first kappa shape index (κ1) is 87.1. The first-order chi connectivity index (χ1) is 42.7. The van der Waals surface area contributed by atoms with Gasteiger partial charge in [0.1, 0.15) is 19.3 Å². The first-order valence-corrected chi connectivity index (χ1v) is 39.3. The molecule has 0 amide bonds. The Balaban J connectivity index is 5.24. The van der Waals surface area contributed by atoms with E-state index in [0.717, 1.165) is 108 Å². The Morgan fingerprint density at radius 1 is 0.303 bits per heavy atom. The van der Waals surface area contributed by atoms with Crippen LogP contribution in [0.2, 0.25) is 0 Å². The van der Waals surface area contributed by atoms with Gasteiger partial charge in [0.2, 0.25) is 0 Å². The minimum atomic E-state index is -4.95. The number of carbonyl (C=O) groups excluding carboxylic acids is 4. The van der Waals surface area contributed by atoms with E-state index in [-0.39, 0.29) is 25.7 Å². The summed E-state index contributed by atoms with van der Waals surface area (Å²) < 4.78 is 68.3. The van der Waals surface area contributed by atoms with Gasteiger partial charge in [0.05, 0.1) is 26.4 Å². The van der Waals surface area contributed by atoms with Crippen LogP contribution in [0.25, 0.3) is 0 Å². The molecule has 0 fully saturated rings. The number of phosphoric ester groups is 2. The Bertz CT molecular complexity index is 1750. The van der Waals surface area contributed by atoms with Gasteiger partial charge in [-0.05, 0) is 43.4 Å². The second kappa shape index (κ2) is 61.0. The van der Waals surface area contributed by atoms with Crippen molar-refractivity contribution >= 4 is 39.5 Å². The lowest BCUT2D eigenvalue weighted by molar-refractivity contribution is -0.161. The van der Waals surface area contributed by atoms with E-state index < -0.39 is 97.5 Å². The SMILES string of the molecule is CCCCCCCCCCCCCCCCCCC(=O)O[C@H](COC(=O)CCCCCCCCCCCC(C)C)COP(=O)(O)OC[C@@H](O)COP(=O)(O)OC[C@@H](COC(=O)CCCCCCCCCC(C)C)OC(=O)CCCCCCCCCCC(C)C. The molecule has 0 aromatic carbocycles. The highest BCUT2D eigenvalue weighted by Crippen LogP contribution is 2.45. The number of aliphatic hydroxyl groups is 1. The van der Waals surface area contributed by atoms with Gasteiger partial charge in [-0.3, -0.25) is 37.3 Å². The standard InChI is InChI=1S/C70H136O17P2/c1-8-9-10-11-12-13-14-15-16-17-18-19-22-31-39-46-53-69(74)86-65(57-80-67(72)51-44-37-30-23-20-21-27-34-41-48-61(2)3)59-84-88(76,77)82-55-64(71)56-83-89(78,79)85-60-66(58-81-68(73)52-45-38-33-26-29-36-43-50-63(6)7)87-70(75)54-47-40-32-25-24-28-35-42-49-62(4)5/h61-66,71H,8-60H2,1-7H3,(H,76,77)(H,78,79)/t64-,65-,66-/m1/s1. The summed E-state index contributed by atoms with van der Waals surface area (Å²) in [6, 6.07) is 0. The molecule has 0 radical (unpaired) electrons. The lowest BCUT2D eigenvalue weighted by Crippen LogP contribution is -2.30. The predicted molar refractivity (Wildman–Crippen MR) is 358 cm³/mol. The number of esters is 4. The number of aliphatic hydroxyl groups excluding tert-OH is 1. The number of phosphoric acid groups is 2. The minimum Gasteiger partial charge on any atom is -0.462 e. The molecule has 0 bridgehead atoms. The molecule has 0 spiro atoms. The highest BCUT2D eigenvalue weighted by molar-refractivity contribution is 7.47. The van der Waals surface area contributed by atoms with Gasteiger partial charge in [0, 0.05) is 25.7 Å². The van der Waals surface area contributed by atoms with E-state index in [2.05, 4.69) is 48.5 Å². The van der Waals surface area contributed by atoms with E-state index in [1.807, 2.05) is 0 Å². The highest BCUT2D eigenvalue weighted by atomic mass is 31.2. The van der Waals surface area contributed by atoms with Crippen molar-refractivity contribution in [3.8, 4) is 0 Å². The molecule has 0 saturated heterocycles. The van der Waals surface area contributed by atoms with Crippen LogP contribution in [0.1, 0.15) is 350 Å². The van der Waals surface area contributed by atoms with E-state index in [4.69, 9.17) is 37.0 Å². The zero-order valence-electron chi connectivity index (χ0n) is 57.9. The number of carbonyl (C=O) groups is 4. The zero-order chi connectivity index (χ0) is 65.9. The first-order valence-electron chi connectivity index (χ1n) is 36.3. The number of unbranched alkanes of at least 4 members (excludes halogenated alkanes) is 36. The molecule has 0 aliphatic carbocycles. The van der Waals surface area contributed by atoms with Crippen LogP contribution in [-0.2, 0) is 65.4 Å². The summed E-state index contributed by atoms with van der Waals surface area (Å²) in [5.74, 6) is 0.0388. The van der Waals surface area contributed by atoms with Crippen LogP contribution in [0.4, 0.5) is 0 Å². The summed E-state index contributed by atoms with van der Waals surface area (Å²) in [5, 5.41) is 10.6. The fraction of sp³-hybridized carbons (Fsp3) is 0.943. The molecule has 0 aliphatic heterocycles. The quantitative estimate of drug-likeness (QED) is 0.0222. The van der Waals surface area contributed by atoms with Crippen LogP contribution in [0.5, 0.6) is 0 Å². The molecule has 2 unspecified atom stereocenters.